The van der Waals surface area contributed by atoms with Gasteiger partial charge in [0.25, 0.3) is 0 Å². The van der Waals surface area contributed by atoms with E-state index >= 15 is 0 Å². The Hall–Kier alpha value is -2.48. The van der Waals surface area contributed by atoms with Crippen LogP contribution < -0.4 is 10.6 Å². The topological polar surface area (TPSA) is 24.1 Å². The Labute approximate surface area is 251 Å². The molecule has 0 amide bonds. The molecule has 0 atom stereocenters. The van der Waals surface area contributed by atoms with E-state index < -0.39 is 0 Å². The predicted octanol–water partition coefficient (Wildman–Crippen LogP) is 11.9. The van der Waals surface area contributed by atoms with Gasteiger partial charge in [-0.05, 0) is 98.2 Å². The van der Waals surface area contributed by atoms with Crippen LogP contribution in [0, 0.1) is 0 Å². The molecular formula is C39H56N2. The molecule has 0 radical (unpaired) electrons. The minimum Gasteiger partial charge on any atom is -0.376 e. The van der Waals surface area contributed by atoms with Crippen LogP contribution >= 0.6 is 0 Å². The van der Waals surface area contributed by atoms with Crippen molar-refractivity contribution < 1.29 is 0 Å². The summed E-state index contributed by atoms with van der Waals surface area (Å²) < 4.78 is 0. The van der Waals surface area contributed by atoms with Crippen LogP contribution in [0.3, 0.4) is 0 Å². The van der Waals surface area contributed by atoms with Gasteiger partial charge in [-0.25, -0.2) is 0 Å². The molecular weight excluding hydrogens is 496 g/mol. The van der Waals surface area contributed by atoms with Crippen LogP contribution in [-0.4, -0.2) is 11.1 Å². The van der Waals surface area contributed by atoms with Crippen molar-refractivity contribution in [3.8, 4) is 11.1 Å². The Morgan fingerprint density at radius 2 is 0.902 bits per heavy atom. The van der Waals surface area contributed by atoms with E-state index in [-0.39, 0.29) is 16.5 Å². The molecule has 2 heterocycles. The third-order valence-corrected chi connectivity index (χ3v) is 9.89. The standard InChI is InChI=1S/C39H56N2/c1-7-9-11-13-15-17-21-39(22-18-16-14-12-10-8-2)33-27-35-29(19-23-37(3,4)40-35)25-31(33)32-26-30-20-24-38(5,6)41-36(30)28-34(32)39/h19-20,23-28,40-41H,7-18,21-22H2,1-6H3. The van der Waals surface area contributed by atoms with Crippen molar-refractivity contribution in [1.82, 2.24) is 0 Å². The second-order valence-electron chi connectivity index (χ2n) is 14.4. The van der Waals surface area contributed by atoms with Crippen LogP contribution in [0.25, 0.3) is 23.3 Å². The zero-order valence-corrected chi connectivity index (χ0v) is 27.0. The summed E-state index contributed by atoms with van der Waals surface area (Å²) in [5.41, 5.74) is 11.4. The van der Waals surface area contributed by atoms with Gasteiger partial charge in [-0.3, -0.25) is 0 Å². The highest BCUT2D eigenvalue weighted by atomic mass is 15.0. The average Bonchev–Trinajstić information content (AvgIpc) is 3.17. The Balaban J connectivity index is 1.57. The van der Waals surface area contributed by atoms with Crippen LogP contribution in [-0.2, 0) is 5.41 Å². The van der Waals surface area contributed by atoms with Crippen molar-refractivity contribution in [2.45, 2.75) is 148 Å². The number of hydrogen-bond donors (Lipinski definition) is 2. The maximum atomic E-state index is 3.87. The summed E-state index contributed by atoms with van der Waals surface area (Å²) in [6.45, 7) is 13.8. The maximum Gasteiger partial charge on any atom is 0.0503 e. The van der Waals surface area contributed by atoms with Gasteiger partial charge >= 0.3 is 0 Å². The lowest BCUT2D eigenvalue weighted by molar-refractivity contribution is 0.398. The summed E-state index contributed by atoms with van der Waals surface area (Å²) in [4.78, 5) is 0. The monoisotopic (exact) mass is 552 g/mol. The molecule has 41 heavy (non-hydrogen) atoms. The largest absolute Gasteiger partial charge is 0.376 e. The molecule has 0 spiro atoms. The number of fused-ring (bicyclic) bond motifs is 5. The van der Waals surface area contributed by atoms with Gasteiger partial charge in [0, 0.05) is 16.8 Å². The molecule has 2 nitrogen and oxygen atoms in total. The summed E-state index contributed by atoms with van der Waals surface area (Å²) in [7, 11) is 0. The molecule has 222 valence electrons. The summed E-state index contributed by atoms with van der Waals surface area (Å²) in [6, 6.07) is 10.1. The van der Waals surface area contributed by atoms with E-state index in [4.69, 9.17) is 0 Å². The Morgan fingerprint density at radius 1 is 0.512 bits per heavy atom. The average molecular weight is 553 g/mol. The molecule has 0 fully saturated rings. The fourth-order valence-corrected chi connectivity index (χ4v) is 7.56. The van der Waals surface area contributed by atoms with E-state index in [1.807, 2.05) is 0 Å². The first-order valence-electron chi connectivity index (χ1n) is 17.0. The third kappa shape index (κ3) is 6.47. The van der Waals surface area contributed by atoms with E-state index in [0.29, 0.717) is 0 Å². The number of rotatable bonds is 14. The highest BCUT2D eigenvalue weighted by molar-refractivity contribution is 5.91. The summed E-state index contributed by atoms with van der Waals surface area (Å²) in [5, 5.41) is 7.73. The van der Waals surface area contributed by atoms with Crippen LogP contribution in [0.5, 0.6) is 0 Å². The number of benzene rings is 2. The van der Waals surface area contributed by atoms with Gasteiger partial charge < -0.3 is 10.6 Å². The molecule has 2 aliphatic heterocycles. The van der Waals surface area contributed by atoms with Crippen molar-refractivity contribution in [2.75, 3.05) is 10.6 Å². The second-order valence-corrected chi connectivity index (χ2v) is 14.4. The van der Waals surface area contributed by atoms with Crippen molar-refractivity contribution in [2.24, 2.45) is 0 Å². The van der Waals surface area contributed by atoms with Gasteiger partial charge in [0.1, 0.15) is 0 Å². The second kappa shape index (κ2) is 12.4. The molecule has 2 N–H and O–H groups in total. The Bertz CT molecular complexity index is 1180. The third-order valence-electron chi connectivity index (χ3n) is 9.89. The summed E-state index contributed by atoms with van der Waals surface area (Å²) >= 11 is 0. The fraction of sp³-hybridized carbons (Fsp3) is 0.590. The fourth-order valence-electron chi connectivity index (χ4n) is 7.56. The molecule has 0 saturated heterocycles. The van der Waals surface area contributed by atoms with Gasteiger partial charge in [-0.2, -0.15) is 0 Å². The van der Waals surface area contributed by atoms with Gasteiger partial charge in [-0.15, -0.1) is 0 Å². The minimum atomic E-state index is -0.0205. The van der Waals surface area contributed by atoms with E-state index in [9.17, 15) is 0 Å². The zero-order chi connectivity index (χ0) is 29.1. The summed E-state index contributed by atoms with van der Waals surface area (Å²) in [5.74, 6) is 0. The van der Waals surface area contributed by atoms with E-state index in [1.54, 1.807) is 11.1 Å². The van der Waals surface area contributed by atoms with E-state index in [1.165, 1.54) is 124 Å². The molecule has 1 aliphatic carbocycles. The molecule has 2 aromatic rings. The number of unbranched alkanes of at least 4 members (excludes halogenated alkanes) is 10. The number of nitrogens with one attached hydrogen (secondary N) is 2. The lowest BCUT2D eigenvalue weighted by atomic mass is 9.70. The molecule has 0 saturated carbocycles. The lowest BCUT2D eigenvalue weighted by Gasteiger charge is -2.36. The molecule has 5 rings (SSSR count). The Morgan fingerprint density at radius 3 is 1.32 bits per heavy atom. The normalized spacial score (nSPS) is 18.2. The maximum absolute atomic E-state index is 3.87. The van der Waals surface area contributed by atoms with Gasteiger partial charge in [-0.1, -0.05) is 115 Å². The van der Waals surface area contributed by atoms with Crippen molar-refractivity contribution in [3.05, 3.63) is 58.7 Å². The summed E-state index contributed by atoms with van der Waals surface area (Å²) in [6.07, 6.45) is 28.0. The van der Waals surface area contributed by atoms with Crippen LogP contribution in [0.1, 0.15) is 154 Å². The first-order valence-corrected chi connectivity index (χ1v) is 17.0. The zero-order valence-electron chi connectivity index (χ0n) is 27.0. The molecule has 0 aromatic heterocycles. The molecule has 0 unspecified atom stereocenters. The van der Waals surface area contributed by atoms with E-state index in [0.717, 1.165) is 0 Å². The molecule has 0 bridgehead atoms. The smallest absolute Gasteiger partial charge is 0.0503 e. The van der Waals surface area contributed by atoms with Gasteiger partial charge in [0.05, 0.1) is 11.1 Å². The minimum absolute atomic E-state index is 0.0205. The lowest BCUT2D eigenvalue weighted by Crippen LogP contribution is -2.32. The van der Waals surface area contributed by atoms with Crippen molar-refractivity contribution >= 4 is 23.5 Å². The van der Waals surface area contributed by atoms with Crippen molar-refractivity contribution in [3.63, 3.8) is 0 Å². The molecule has 3 aliphatic rings. The van der Waals surface area contributed by atoms with Gasteiger partial charge in [0.15, 0.2) is 0 Å². The van der Waals surface area contributed by atoms with E-state index in [2.05, 4.69) is 101 Å². The first-order chi connectivity index (χ1) is 19.7. The Kier molecular flexibility index (Phi) is 9.07. The number of hydrogen-bond acceptors (Lipinski definition) is 2. The first kappa shape index (κ1) is 30.0. The van der Waals surface area contributed by atoms with Crippen LogP contribution in [0.2, 0.25) is 0 Å². The van der Waals surface area contributed by atoms with Crippen LogP contribution in [0.4, 0.5) is 11.4 Å². The SMILES string of the molecule is CCCCCCCCC1(CCCCCCCC)c2cc3c(cc2-c2cc4c(cc21)NC(C)(C)C=C4)C=CC(C)(C)N3. The van der Waals surface area contributed by atoms with Gasteiger partial charge in [0.2, 0.25) is 0 Å². The predicted molar refractivity (Wildman–Crippen MR) is 182 cm³/mol. The highest BCUT2D eigenvalue weighted by Gasteiger charge is 2.44. The highest BCUT2D eigenvalue weighted by Crippen LogP contribution is 2.57. The quantitative estimate of drug-likeness (QED) is 0.228. The molecule has 2 heteroatoms. The van der Waals surface area contributed by atoms with Crippen molar-refractivity contribution in [1.29, 1.82) is 0 Å². The molecule has 2 aromatic carbocycles. The number of anilines is 2. The van der Waals surface area contributed by atoms with Crippen LogP contribution in [0.15, 0.2) is 36.4 Å².